The van der Waals surface area contributed by atoms with Crippen molar-refractivity contribution in [3.63, 3.8) is 0 Å². The molecule has 1 rings (SSSR count). The zero-order valence-corrected chi connectivity index (χ0v) is 7.11. The van der Waals surface area contributed by atoms with Gasteiger partial charge in [0.25, 0.3) is 0 Å². The molecule has 0 aliphatic rings. The molecule has 0 saturated carbocycles. The minimum Gasteiger partial charge on any atom is -0.504 e. The third-order valence-corrected chi connectivity index (χ3v) is 2.21. The monoisotopic (exact) mass is 172 g/mol. The molecule has 0 radical (unpaired) electrons. The standard InChI is InChI=1S/C8H9ClO2/c1-4-3-6(10)8(11)5(2)7(4)9/h3,10-11H,1-2H3. The van der Waals surface area contributed by atoms with Crippen molar-refractivity contribution in [3.05, 3.63) is 22.2 Å². The van der Waals surface area contributed by atoms with Crippen molar-refractivity contribution in [3.8, 4) is 11.5 Å². The average molecular weight is 173 g/mol. The predicted molar refractivity (Wildman–Crippen MR) is 44.3 cm³/mol. The lowest BCUT2D eigenvalue weighted by molar-refractivity contribution is 0.401. The van der Waals surface area contributed by atoms with Crippen molar-refractivity contribution in [2.45, 2.75) is 13.8 Å². The molecule has 0 atom stereocenters. The van der Waals surface area contributed by atoms with E-state index < -0.39 is 0 Å². The third-order valence-electron chi connectivity index (χ3n) is 1.63. The summed E-state index contributed by atoms with van der Waals surface area (Å²) in [7, 11) is 0. The van der Waals surface area contributed by atoms with Crippen molar-refractivity contribution >= 4 is 11.6 Å². The number of hydrogen-bond donors (Lipinski definition) is 2. The van der Waals surface area contributed by atoms with Crippen molar-refractivity contribution in [2.75, 3.05) is 0 Å². The van der Waals surface area contributed by atoms with Gasteiger partial charge in [-0.15, -0.1) is 0 Å². The zero-order valence-electron chi connectivity index (χ0n) is 6.35. The molecule has 0 aliphatic carbocycles. The van der Waals surface area contributed by atoms with Gasteiger partial charge in [-0.1, -0.05) is 11.6 Å². The summed E-state index contributed by atoms with van der Waals surface area (Å²) in [6, 6.07) is 1.44. The van der Waals surface area contributed by atoms with Gasteiger partial charge in [0.1, 0.15) is 0 Å². The molecule has 1 aromatic rings. The van der Waals surface area contributed by atoms with Crippen LogP contribution in [-0.2, 0) is 0 Å². The predicted octanol–water partition coefficient (Wildman–Crippen LogP) is 2.37. The Morgan fingerprint density at radius 3 is 2.36 bits per heavy atom. The number of phenols is 2. The fourth-order valence-electron chi connectivity index (χ4n) is 0.929. The molecule has 0 aromatic heterocycles. The smallest absolute Gasteiger partial charge is 0.161 e. The molecule has 0 bridgehead atoms. The Labute approximate surface area is 70.1 Å². The summed E-state index contributed by atoms with van der Waals surface area (Å²) in [6.07, 6.45) is 0. The topological polar surface area (TPSA) is 40.5 Å². The Balaban J connectivity index is 3.46. The highest BCUT2D eigenvalue weighted by Crippen LogP contribution is 2.35. The van der Waals surface area contributed by atoms with Crippen LogP contribution in [0.4, 0.5) is 0 Å². The van der Waals surface area contributed by atoms with Gasteiger partial charge in [0.15, 0.2) is 11.5 Å². The number of rotatable bonds is 0. The summed E-state index contributed by atoms with van der Waals surface area (Å²) in [5.41, 5.74) is 1.28. The van der Waals surface area contributed by atoms with Crippen LogP contribution in [0.1, 0.15) is 11.1 Å². The minimum absolute atomic E-state index is 0.121. The Morgan fingerprint density at radius 2 is 1.82 bits per heavy atom. The molecule has 60 valence electrons. The molecule has 0 aliphatic heterocycles. The van der Waals surface area contributed by atoms with Gasteiger partial charge in [0.05, 0.1) is 5.02 Å². The molecule has 0 saturated heterocycles. The van der Waals surface area contributed by atoms with Crippen LogP contribution in [0.3, 0.4) is 0 Å². The van der Waals surface area contributed by atoms with Gasteiger partial charge >= 0.3 is 0 Å². The Hall–Kier alpha value is -0.890. The summed E-state index contributed by atoms with van der Waals surface area (Å²) in [5.74, 6) is -0.259. The van der Waals surface area contributed by atoms with E-state index in [9.17, 15) is 5.11 Å². The van der Waals surface area contributed by atoms with Crippen LogP contribution in [0.5, 0.6) is 11.5 Å². The van der Waals surface area contributed by atoms with Crippen LogP contribution in [0, 0.1) is 13.8 Å². The van der Waals surface area contributed by atoms with E-state index in [0.29, 0.717) is 10.6 Å². The number of aryl methyl sites for hydroxylation is 1. The lowest BCUT2D eigenvalue weighted by Crippen LogP contribution is -1.82. The van der Waals surface area contributed by atoms with Gasteiger partial charge < -0.3 is 10.2 Å². The summed E-state index contributed by atoms with van der Waals surface area (Å²) in [5, 5.41) is 18.8. The lowest BCUT2D eigenvalue weighted by atomic mass is 10.1. The SMILES string of the molecule is Cc1cc(O)c(O)c(C)c1Cl. The van der Waals surface area contributed by atoms with E-state index in [2.05, 4.69) is 0 Å². The van der Waals surface area contributed by atoms with Crippen LogP contribution in [-0.4, -0.2) is 10.2 Å². The van der Waals surface area contributed by atoms with Crippen LogP contribution < -0.4 is 0 Å². The van der Waals surface area contributed by atoms with E-state index in [1.807, 2.05) is 0 Å². The van der Waals surface area contributed by atoms with Crippen LogP contribution in [0.25, 0.3) is 0 Å². The minimum atomic E-state index is -0.138. The molecular weight excluding hydrogens is 164 g/mol. The maximum Gasteiger partial charge on any atom is 0.161 e. The summed E-state index contributed by atoms with van der Waals surface area (Å²) < 4.78 is 0. The lowest BCUT2D eigenvalue weighted by Gasteiger charge is -2.06. The molecule has 2 nitrogen and oxygen atoms in total. The summed E-state index contributed by atoms with van der Waals surface area (Å²) in [4.78, 5) is 0. The van der Waals surface area contributed by atoms with Crippen molar-refractivity contribution in [2.24, 2.45) is 0 Å². The molecule has 11 heavy (non-hydrogen) atoms. The fraction of sp³-hybridized carbons (Fsp3) is 0.250. The summed E-state index contributed by atoms with van der Waals surface area (Å²) >= 11 is 5.78. The number of halogens is 1. The molecule has 0 unspecified atom stereocenters. The van der Waals surface area contributed by atoms with Gasteiger partial charge in [-0.25, -0.2) is 0 Å². The Bertz CT molecular complexity index is 268. The van der Waals surface area contributed by atoms with E-state index in [0.717, 1.165) is 5.56 Å². The third kappa shape index (κ3) is 1.26. The number of hydrogen-bond acceptors (Lipinski definition) is 2. The van der Waals surface area contributed by atoms with Crippen molar-refractivity contribution in [1.82, 2.24) is 0 Å². The molecule has 0 fully saturated rings. The van der Waals surface area contributed by atoms with Gasteiger partial charge in [0, 0.05) is 5.56 Å². The molecule has 1 aromatic carbocycles. The quantitative estimate of drug-likeness (QED) is 0.590. The second-order valence-electron chi connectivity index (χ2n) is 2.50. The fourth-order valence-corrected chi connectivity index (χ4v) is 1.07. The first-order chi connectivity index (χ1) is 5.04. The average Bonchev–Trinajstić information content (AvgIpc) is 1.97. The number of benzene rings is 1. The van der Waals surface area contributed by atoms with E-state index in [4.69, 9.17) is 16.7 Å². The van der Waals surface area contributed by atoms with Gasteiger partial charge in [-0.3, -0.25) is 0 Å². The first-order valence-corrected chi connectivity index (χ1v) is 3.59. The van der Waals surface area contributed by atoms with E-state index in [1.54, 1.807) is 13.8 Å². The molecule has 3 heteroatoms. The highest BCUT2D eigenvalue weighted by molar-refractivity contribution is 6.32. The van der Waals surface area contributed by atoms with Crippen LogP contribution in [0.2, 0.25) is 5.02 Å². The van der Waals surface area contributed by atoms with Crippen molar-refractivity contribution in [1.29, 1.82) is 0 Å². The second kappa shape index (κ2) is 2.62. The first-order valence-electron chi connectivity index (χ1n) is 3.21. The van der Waals surface area contributed by atoms with Crippen molar-refractivity contribution < 1.29 is 10.2 Å². The number of aromatic hydroxyl groups is 2. The van der Waals surface area contributed by atoms with Gasteiger partial charge in [-0.05, 0) is 25.5 Å². The van der Waals surface area contributed by atoms with E-state index >= 15 is 0 Å². The molecule has 0 spiro atoms. The van der Waals surface area contributed by atoms with Crippen LogP contribution in [0.15, 0.2) is 6.07 Å². The molecule has 0 amide bonds. The zero-order chi connectivity index (χ0) is 8.59. The molecular formula is C8H9ClO2. The Morgan fingerprint density at radius 1 is 1.27 bits per heavy atom. The van der Waals surface area contributed by atoms with E-state index in [-0.39, 0.29) is 11.5 Å². The van der Waals surface area contributed by atoms with Gasteiger partial charge in [-0.2, -0.15) is 0 Å². The summed E-state index contributed by atoms with van der Waals surface area (Å²) in [6.45, 7) is 3.43. The maximum absolute atomic E-state index is 9.18. The Kier molecular flexibility index (Phi) is 1.96. The normalized spacial score (nSPS) is 10.1. The van der Waals surface area contributed by atoms with Crippen LogP contribution >= 0.6 is 11.6 Å². The largest absolute Gasteiger partial charge is 0.504 e. The highest BCUT2D eigenvalue weighted by Gasteiger charge is 2.08. The maximum atomic E-state index is 9.18. The second-order valence-corrected chi connectivity index (χ2v) is 2.88. The molecule has 2 N–H and O–H groups in total. The molecule has 0 heterocycles. The first kappa shape index (κ1) is 8.21. The van der Waals surface area contributed by atoms with E-state index in [1.165, 1.54) is 6.07 Å². The number of phenolic OH excluding ortho intramolecular Hbond substituents is 2. The van der Waals surface area contributed by atoms with Gasteiger partial charge in [0.2, 0.25) is 0 Å². The highest BCUT2D eigenvalue weighted by atomic mass is 35.5.